The maximum atomic E-state index is 12.3. The van der Waals surface area contributed by atoms with E-state index >= 15 is 0 Å². The van der Waals surface area contributed by atoms with Crippen LogP contribution < -0.4 is 15.4 Å². The van der Waals surface area contributed by atoms with Crippen molar-refractivity contribution in [3.8, 4) is 5.75 Å². The number of ether oxygens (including phenoxy) is 2. The molecule has 3 rings (SSSR count). The minimum absolute atomic E-state index is 0.344. The number of allylic oxidation sites excluding steroid dienone is 1. The Bertz CT molecular complexity index is 909. The summed E-state index contributed by atoms with van der Waals surface area (Å²) in [4.78, 5) is 24.3. The molecule has 1 unspecified atom stereocenters. The predicted octanol–water partition coefficient (Wildman–Crippen LogP) is 4.11. The summed E-state index contributed by atoms with van der Waals surface area (Å²) in [6, 6.07) is 13.8. The Morgan fingerprint density at radius 3 is 2.50 bits per heavy atom. The molecule has 1 aliphatic heterocycles. The molecule has 0 spiro atoms. The van der Waals surface area contributed by atoms with Gasteiger partial charge in [0.2, 0.25) is 0 Å². The highest BCUT2D eigenvalue weighted by atomic mass is 35.5. The number of methoxy groups -OCH3 is 1. The van der Waals surface area contributed by atoms with E-state index in [1.165, 1.54) is 7.11 Å². The number of rotatable bonds is 6. The first-order valence-electron chi connectivity index (χ1n) is 8.88. The van der Waals surface area contributed by atoms with Crippen molar-refractivity contribution in [2.45, 2.75) is 26.0 Å². The molecule has 0 aromatic heterocycles. The number of esters is 1. The molecule has 1 atom stereocenters. The molecule has 28 heavy (non-hydrogen) atoms. The number of hydrogen-bond acceptors (Lipinski definition) is 4. The second-order valence-corrected chi connectivity index (χ2v) is 6.63. The summed E-state index contributed by atoms with van der Waals surface area (Å²) in [5.74, 6) is 0.177. The van der Waals surface area contributed by atoms with Crippen LogP contribution in [0.3, 0.4) is 0 Å². The Kier molecular flexibility index (Phi) is 6.21. The van der Waals surface area contributed by atoms with Crippen LogP contribution in [-0.4, -0.2) is 19.1 Å². The van der Waals surface area contributed by atoms with E-state index < -0.39 is 12.0 Å². The molecule has 2 aromatic rings. The Hall–Kier alpha value is -2.99. The zero-order chi connectivity index (χ0) is 20.1. The monoisotopic (exact) mass is 400 g/mol. The van der Waals surface area contributed by atoms with Gasteiger partial charge in [-0.05, 0) is 30.2 Å². The largest absolute Gasteiger partial charge is 0.489 e. The molecule has 0 radical (unpaired) electrons. The third kappa shape index (κ3) is 4.28. The van der Waals surface area contributed by atoms with Crippen molar-refractivity contribution in [1.82, 2.24) is 10.6 Å². The summed E-state index contributed by atoms with van der Waals surface area (Å²) in [5.41, 5.74) is 2.60. The van der Waals surface area contributed by atoms with Crippen LogP contribution in [0.5, 0.6) is 5.75 Å². The van der Waals surface area contributed by atoms with Gasteiger partial charge < -0.3 is 20.1 Å². The number of carbonyl (C=O) groups excluding carboxylic acids is 2. The van der Waals surface area contributed by atoms with E-state index in [2.05, 4.69) is 10.6 Å². The van der Waals surface area contributed by atoms with Crippen LogP contribution in [0.25, 0.3) is 0 Å². The van der Waals surface area contributed by atoms with Gasteiger partial charge in [-0.15, -0.1) is 0 Å². The highest BCUT2D eigenvalue weighted by molar-refractivity contribution is 6.31. The normalized spacial score (nSPS) is 16.2. The van der Waals surface area contributed by atoms with Crippen molar-refractivity contribution < 1.29 is 19.1 Å². The van der Waals surface area contributed by atoms with Crippen LogP contribution in [-0.2, 0) is 16.1 Å². The van der Waals surface area contributed by atoms with Crippen molar-refractivity contribution in [2.75, 3.05) is 7.11 Å². The fourth-order valence-corrected chi connectivity index (χ4v) is 3.22. The van der Waals surface area contributed by atoms with Crippen molar-refractivity contribution in [3.63, 3.8) is 0 Å². The molecule has 0 saturated heterocycles. The number of urea groups is 1. The Morgan fingerprint density at radius 1 is 1.14 bits per heavy atom. The molecule has 0 bridgehead atoms. The minimum atomic E-state index is -0.589. The molecular formula is C21H21ClN2O4. The first kappa shape index (κ1) is 19.8. The standard InChI is InChI=1S/C21H21ClN2O4/c1-3-17-18(20(25)27-2)19(24-21(26)23-17)13-8-10-15(11-9-13)28-12-14-6-4-5-7-16(14)22/h4-11,19H,3,12H2,1-2H3,(H2,23,24,26). The summed E-state index contributed by atoms with van der Waals surface area (Å²) in [5, 5.41) is 6.11. The predicted molar refractivity (Wildman–Crippen MR) is 106 cm³/mol. The molecular weight excluding hydrogens is 380 g/mol. The Balaban J connectivity index is 1.80. The fourth-order valence-electron chi connectivity index (χ4n) is 3.03. The zero-order valence-electron chi connectivity index (χ0n) is 15.6. The van der Waals surface area contributed by atoms with Gasteiger partial charge in [0.1, 0.15) is 12.4 Å². The van der Waals surface area contributed by atoms with E-state index in [9.17, 15) is 9.59 Å². The van der Waals surface area contributed by atoms with E-state index in [1.54, 1.807) is 12.1 Å². The molecule has 1 aliphatic rings. The smallest absolute Gasteiger partial charge is 0.337 e. The van der Waals surface area contributed by atoms with Crippen LogP contribution in [0.1, 0.15) is 30.5 Å². The van der Waals surface area contributed by atoms with Crippen LogP contribution >= 0.6 is 11.6 Å². The van der Waals surface area contributed by atoms with Crippen LogP contribution in [0.15, 0.2) is 59.8 Å². The van der Waals surface area contributed by atoms with Crippen LogP contribution in [0, 0.1) is 0 Å². The van der Waals surface area contributed by atoms with Gasteiger partial charge in [-0.3, -0.25) is 0 Å². The molecule has 2 amide bonds. The quantitative estimate of drug-likeness (QED) is 0.715. The van der Waals surface area contributed by atoms with Gasteiger partial charge in [0.25, 0.3) is 0 Å². The van der Waals surface area contributed by atoms with Crippen molar-refractivity contribution >= 4 is 23.6 Å². The third-order valence-corrected chi connectivity index (χ3v) is 4.85. The van der Waals surface area contributed by atoms with Gasteiger partial charge in [-0.1, -0.05) is 48.9 Å². The summed E-state index contributed by atoms with van der Waals surface area (Å²) >= 11 is 6.14. The Labute approximate surface area is 168 Å². The van der Waals surface area contributed by atoms with Gasteiger partial charge in [0, 0.05) is 16.3 Å². The van der Waals surface area contributed by atoms with Crippen molar-refractivity contribution in [2.24, 2.45) is 0 Å². The maximum Gasteiger partial charge on any atom is 0.337 e. The number of amides is 2. The van der Waals surface area contributed by atoms with Gasteiger partial charge in [-0.25, -0.2) is 9.59 Å². The summed E-state index contributed by atoms with van der Waals surface area (Å²) in [7, 11) is 1.32. The number of halogens is 1. The molecule has 0 fully saturated rings. The van der Waals surface area contributed by atoms with Gasteiger partial charge in [-0.2, -0.15) is 0 Å². The first-order chi connectivity index (χ1) is 13.5. The molecule has 0 saturated carbocycles. The second-order valence-electron chi connectivity index (χ2n) is 6.22. The lowest BCUT2D eigenvalue weighted by Crippen LogP contribution is -2.45. The highest BCUT2D eigenvalue weighted by Gasteiger charge is 2.32. The lowest BCUT2D eigenvalue weighted by Gasteiger charge is -2.28. The van der Waals surface area contributed by atoms with Crippen molar-refractivity contribution in [3.05, 3.63) is 76.0 Å². The van der Waals surface area contributed by atoms with Gasteiger partial charge >= 0.3 is 12.0 Å². The average Bonchev–Trinajstić information content (AvgIpc) is 2.72. The SMILES string of the molecule is CCC1=C(C(=O)OC)C(c2ccc(OCc3ccccc3Cl)cc2)NC(=O)N1. The van der Waals surface area contributed by atoms with E-state index in [-0.39, 0.29) is 6.03 Å². The molecule has 1 heterocycles. The molecule has 7 heteroatoms. The number of hydrogen-bond donors (Lipinski definition) is 2. The van der Waals surface area contributed by atoms with Gasteiger partial charge in [0.15, 0.2) is 0 Å². The van der Waals surface area contributed by atoms with E-state index in [0.29, 0.717) is 35.1 Å². The van der Waals surface area contributed by atoms with Crippen molar-refractivity contribution in [1.29, 1.82) is 0 Å². The number of benzene rings is 2. The highest BCUT2D eigenvalue weighted by Crippen LogP contribution is 2.30. The van der Waals surface area contributed by atoms with E-state index in [4.69, 9.17) is 21.1 Å². The molecule has 2 N–H and O–H groups in total. The fraction of sp³-hybridized carbons (Fsp3) is 0.238. The molecule has 2 aromatic carbocycles. The number of carbonyl (C=O) groups is 2. The van der Waals surface area contributed by atoms with Crippen LogP contribution in [0.2, 0.25) is 5.02 Å². The molecule has 6 nitrogen and oxygen atoms in total. The first-order valence-corrected chi connectivity index (χ1v) is 9.26. The summed E-state index contributed by atoms with van der Waals surface area (Å²) in [6.07, 6.45) is 0.507. The summed E-state index contributed by atoms with van der Waals surface area (Å²) in [6.45, 7) is 2.21. The Morgan fingerprint density at radius 2 is 1.86 bits per heavy atom. The average molecular weight is 401 g/mol. The molecule has 146 valence electrons. The lowest BCUT2D eigenvalue weighted by atomic mass is 9.94. The van der Waals surface area contributed by atoms with E-state index in [0.717, 1.165) is 11.1 Å². The van der Waals surface area contributed by atoms with Gasteiger partial charge in [0.05, 0.1) is 18.7 Å². The zero-order valence-corrected chi connectivity index (χ0v) is 16.4. The topological polar surface area (TPSA) is 76.7 Å². The second kappa shape index (κ2) is 8.80. The third-order valence-electron chi connectivity index (χ3n) is 4.48. The van der Waals surface area contributed by atoms with Crippen LogP contribution in [0.4, 0.5) is 4.79 Å². The number of nitrogens with one attached hydrogen (secondary N) is 2. The van der Waals surface area contributed by atoms with E-state index in [1.807, 2.05) is 43.3 Å². The minimum Gasteiger partial charge on any atom is -0.489 e. The maximum absolute atomic E-state index is 12.3. The summed E-state index contributed by atoms with van der Waals surface area (Å²) < 4.78 is 10.7. The lowest BCUT2D eigenvalue weighted by molar-refractivity contribution is -0.136. The molecule has 0 aliphatic carbocycles.